The summed E-state index contributed by atoms with van der Waals surface area (Å²) in [5.41, 5.74) is -0.791. The van der Waals surface area contributed by atoms with Crippen LogP contribution in [0.25, 0.3) is 0 Å². The van der Waals surface area contributed by atoms with Crippen LogP contribution in [0.4, 0.5) is 19.0 Å². The third kappa shape index (κ3) is 3.60. The normalized spacial score (nSPS) is 11.3. The standard InChI is InChI=1S/C14H10BrF3N2O/c1-8-11(15)6-7-12(19-8)20-13(21)9-4-2-3-5-10(9)14(16,17)18/h2-7H,1H3,(H,19,20,21). The Morgan fingerprint density at radius 2 is 1.86 bits per heavy atom. The van der Waals surface area contributed by atoms with Crippen molar-refractivity contribution in [2.24, 2.45) is 0 Å². The van der Waals surface area contributed by atoms with Gasteiger partial charge in [-0.3, -0.25) is 4.79 Å². The minimum Gasteiger partial charge on any atom is -0.307 e. The zero-order valence-corrected chi connectivity index (χ0v) is 12.4. The summed E-state index contributed by atoms with van der Waals surface area (Å²) >= 11 is 3.25. The van der Waals surface area contributed by atoms with E-state index in [0.717, 1.165) is 16.6 Å². The fourth-order valence-corrected chi connectivity index (χ4v) is 1.95. The number of carbonyl (C=O) groups is 1. The van der Waals surface area contributed by atoms with Crippen molar-refractivity contribution in [3.63, 3.8) is 0 Å². The Balaban J connectivity index is 2.31. The van der Waals surface area contributed by atoms with E-state index >= 15 is 0 Å². The molecule has 1 heterocycles. The van der Waals surface area contributed by atoms with E-state index < -0.39 is 23.2 Å². The van der Waals surface area contributed by atoms with E-state index in [-0.39, 0.29) is 5.82 Å². The van der Waals surface area contributed by atoms with Crippen LogP contribution in [0.3, 0.4) is 0 Å². The van der Waals surface area contributed by atoms with Gasteiger partial charge in [-0.1, -0.05) is 12.1 Å². The molecule has 1 aromatic heterocycles. The van der Waals surface area contributed by atoms with Crippen molar-refractivity contribution in [3.05, 3.63) is 57.7 Å². The second-order valence-electron chi connectivity index (χ2n) is 4.26. The van der Waals surface area contributed by atoms with Gasteiger partial charge in [0, 0.05) is 4.47 Å². The molecule has 0 unspecified atom stereocenters. The number of nitrogens with one attached hydrogen (secondary N) is 1. The van der Waals surface area contributed by atoms with Crippen LogP contribution in [-0.2, 0) is 6.18 Å². The molecule has 0 radical (unpaired) electrons. The van der Waals surface area contributed by atoms with Gasteiger partial charge < -0.3 is 5.32 Å². The fraction of sp³-hybridized carbons (Fsp3) is 0.143. The molecule has 0 bridgehead atoms. The maximum absolute atomic E-state index is 12.9. The first-order valence-corrected chi connectivity index (χ1v) is 6.69. The van der Waals surface area contributed by atoms with Gasteiger partial charge >= 0.3 is 6.18 Å². The maximum atomic E-state index is 12.9. The van der Waals surface area contributed by atoms with Crippen LogP contribution in [-0.4, -0.2) is 10.9 Å². The predicted molar refractivity (Wildman–Crippen MR) is 76.1 cm³/mol. The van der Waals surface area contributed by atoms with Gasteiger partial charge in [-0.05, 0) is 47.1 Å². The van der Waals surface area contributed by atoms with Crippen molar-refractivity contribution in [1.29, 1.82) is 0 Å². The highest BCUT2D eigenvalue weighted by molar-refractivity contribution is 9.10. The Bertz CT molecular complexity index is 686. The van der Waals surface area contributed by atoms with E-state index in [1.54, 1.807) is 13.0 Å². The summed E-state index contributed by atoms with van der Waals surface area (Å²) in [6, 6.07) is 7.78. The molecule has 1 amide bonds. The van der Waals surface area contributed by atoms with Crippen LogP contribution >= 0.6 is 15.9 Å². The molecule has 2 aromatic rings. The SMILES string of the molecule is Cc1nc(NC(=O)c2ccccc2C(F)(F)F)ccc1Br. The summed E-state index contributed by atoms with van der Waals surface area (Å²) in [5, 5.41) is 2.37. The lowest BCUT2D eigenvalue weighted by atomic mass is 10.1. The Morgan fingerprint density at radius 3 is 2.48 bits per heavy atom. The van der Waals surface area contributed by atoms with E-state index in [9.17, 15) is 18.0 Å². The van der Waals surface area contributed by atoms with Crippen molar-refractivity contribution in [1.82, 2.24) is 4.98 Å². The van der Waals surface area contributed by atoms with Gasteiger partial charge in [-0.25, -0.2) is 4.98 Å². The van der Waals surface area contributed by atoms with Crippen molar-refractivity contribution in [2.75, 3.05) is 5.32 Å². The molecule has 3 nitrogen and oxygen atoms in total. The maximum Gasteiger partial charge on any atom is 0.417 e. The fourth-order valence-electron chi connectivity index (χ4n) is 1.73. The van der Waals surface area contributed by atoms with E-state index in [4.69, 9.17) is 0 Å². The predicted octanol–water partition coefficient (Wildman–Crippen LogP) is 4.42. The second-order valence-corrected chi connectivity index (χ2v) is 5.12. The second kappa shape index (κ2) is 5.85. The average molecular weight is 359 g/mol. The molecular weight excluding hydrogens is 349 g/mol. The zero-order chi connectivity index (χ0) is 15.6. The Kier molecular flexibility index (Phi) is 4.32. The van der Waals surface area contributed by atoms with Crippen molar-refractivity contribution in [3.8, 4) is 0 Å². The molecule has 0 aliphatic rings. The smallest absolute Gasteiger partial charge is 0.307 e. The third-order valence-corrected chi connectivity index (χ3v) is 3.58. The number of alkyl halides is 3. The zero-order valence-electron chi connectivity index (χ0n) is 10.8. The minimum atomic E-state index is -4.59. The quantitative estimate of drug-likeness (QED) is 0.862. The van der Waals surface area contributed by atoms with Gasteiger partial charge in [0.2, 0.25) is 0 Å². The molecule has 2 rings (SSSR count). The van der Waals surface area contributed by atoms with Crippen LogP contribution in [0.1, 0.15) is 21.6 Å². The molecule has 0 spiro atoms. The summed E-state index contributed by atoms with van der Waals surface area (Å²) < 4.78 is 39.3. The molecule has 110 valence electrons. The molecule has 1 N–H and O–H groups in total. The van der Waals surface area contributed by atoms with Crippen LogP contribution in [0.2, 0.25) is 0 Å². The number of aryl methyl sites for hydroxylation is 1. The number of amides is 1. The number of carbonyl (C=O) groups excluding carboxylic acids is 1. The first-order chi connectivity index (χ1) is 9.79. The number of hydrogen-bond acceptors (Lipinski definition) is 2. The van der Waals surface area contributed by atoms with Gasteiger partial charge in [-0.15, -0.1) is 0 Å². The van der Waals surface area contributed by atoms with E-state index in [1.807, 2.05) is 0 Å². The molecule has 0 fully saturated rings. The monoisotopic (exact) mass is 358 g/mol. The van der Waals surface area contributed by atoms with E-state index in [1.165, 1.54) is 18.2 Å². The first-order valence-electron chi connectivity index (χ1n) is 5.90. The van der Waals surface area contributed by atoms with Crippen LogP contribution in [0.5, 0.6) is 0 Å². The summed E-state index contributed by atoms with van der Waals surface area (Å²) in [6.07, 6.45) is -4.59. The Labute approximate surface area is 127 Å². The average Bonchev–Trinajstić information content (AvgIpc) is 2.42. The van der Waals surface area contributed by atoms with Gasteiger partial charge in [-0.2, -0.15) is 13.2 Å². The van der Waals surface area contributed by atoms with Gasteiger partial charge in [0.15, 0.2) is 0 Å². The molecule has 1 aromatic carbocycles. The molecule has 0 saturated carbocycles. The lowest BCUT2D eigenvalue weighted by molar-refractivity contribution is -0.137. The highest BCUT2D eigenvalue weighted by Gasteiger charge is 2.34. The number of halogens is 4. The topological polar surface area (TPSA) is 42.0 Å². The number of rotatable bonds is 2. The highest BCUT2D eigenvalue weighted by atomic mass is 79.9. The molecule has 0 aliphatic heterocycles. The van der Waals surface area contributed by atoms with Crippen LogP contribution in [0, 0.1) is 6.92 Å². The van der Waals surface area contributed by atoms with Crippen molar-refractivity contribution < 1.29 is 18.0 Å². The number of pyridine rings is 1. The Morgan fingerprint density at radius 1 is 1.19 bits per heavy atom. The lowest BCUT2D eigenvalue weighted by Crippen LogP contribution is -2.19. The molecule has 21 heavy (non-hydrogen) atoms. The van der Waals surface area contributed by atoms with E-state index in [0.29, 0.717) is 5.69 Å². The summed E-state index contributed by atoms with van der Waals surface area (Å²) in [4.78, 5) is 16.1. The van der Waals surface area contributed by atoms with Crippen LogP contribution < -0.4 is 5.32 Å². The largest absolute Gasteiger partial charge is 0.417 e. The van der Waals surface area contributed by atoms with Crippen molar-refractivity contribution in [2.45, 2.75) is 13.1 Å². The minimum absolute atomic E-state index is 0.192. The summed E-state index contributed by atoms with van der Waals surface area (Å²) in [7, 11) is 0. The summed E-state index contributed by atoms with van der Waals surface area (Å²) in [6.45, 7) is 1.71. The molecule has 0 aliphatic carbocycles. The number of nitrogens with zero attached hydrogens (tertiary/aromatic N) is 1. The third-order valence-electron chi connectivity index (χ3n) is 2.74. The van der Waals surface area contributed by atoms with Gasteiger partial charge in [0.1, 0.15) is 5.82 Å². The molecule has 0 saturated heterocycles. The van der Waals surface area contributed by atoms with E-state index in [2.05, 4.69) is 26.2 Å². The number of hydrogen-bond donors (Lipinski definition) is 1. The Hall–Kier alpha value is -1.89. The van der Waals surface area contributed by atoms with Crippen LogP contribution in [0.15, 0.2) is 40.9 Å². The van der Waals surface area contributed by atoms with Gasteiger partial charge in [0.25, 0.3) is 5.91 Å². The summed E-state index contributed by atoms with van der Waals surface area (Å²) in [5.74, 6) is -0.658. The number of benzene rings is 1. The number of aromatic nitrogens is 1. The molecule has 0 atom stereocenters. The molecule has 7 heteroatoms. The van der Waals surface area contributed by atoms with Crippen molar-refractivity contribution >= 4 is 27.7 Å². The number of anilines is 1. The molecular formula is C14H10BrF3N2O. The highest BCUT2D eigenvalue weighted by Crippen LogP contribution is 2.32. The lowest BCUT2D eigenvalue weighted by Gasteiger charge is -2.12. The van der Waals surface area contributed by atoms with Gasteiger partial charge in [0.05, 0.1) is 16.8 Å². The first kappa shape index (κ1) is 15.5.